The molecule has 2 aromatic carbocycles. The molecule has 6 nitrogen and oxygen atoms in total. The molecule has 3 aromatic rings. The second-order valence-electron chi connectivity index (χ2n) is 8.39. The van der Waals surface area contributed by atoms with Crippen LogP contribution in [-0.4, -0.2) is 46.8 Å². The molecule has 2 aliphatic heterocycles. The topological polar surface area (TPSA) is 56.6 Å². The van der Waals surface area contributed by atoms with E-state index < -0.39 is 0 Å². The van der Waals surface area contributed by atoms with E-state index >= 15 is 0 Å². The van der Waals surface area contributed by atoms with Crippen LogP contribution in [0.1, 0.15) is 28.8 Å². The van der Waals surface area contributed by atoms with E-state index in [-0.39, 0.29) is 11.7 Å². The van der Waals surface area contributed by atoms with Crippen LogP contribution >= 0.6 is 0 Å². The number of aromatic nitrogens is 2. The molecule has 0 amide bonds. The van der Waals surface area contributed by atoms with E-state index in [1.54, 1.807) is 0 Å². The number of nitrogens with zero attached hydrogens (tertiary/aromatic N) is 3. The highest BCUT2D eigenvalue weighted by Crippen LogP contribution is 2.32. The zero-order valence-corrected chi connectivity index (χ0v) is 17.8. The third kappa shape index (κ3) is 4.35. The SMILES string of the molecule is Cc1ccc(-c2cnn(CN3CCC(C(=O)c4ccc5c(c4)OCCO5)CC3)c2)cc1. The Bertz CT molecular complexity index is 1070. The molecule has 160 valence electrons. The van der Waals surface area contributed by atoms with Crippen molar-refractivity contribution in [2.75, 3.05) is 26.3 Å². The maximum Gasteiger partial charge on any atom is 0.166 e. The van der Waals surface area contributed by atoms with Gasteiger partial charge in [0.05, 0.1) is 12.9 Å². The highest BCUT2D eigenvalue weighted by atomic mass is 16.6. The Morgan fingerprint density at radius 1 is 1.00 bits per heavy atom. The summed E-state index contributed by atoms with van der Waals surface area (Å²) in [4.78, 5) is 15.4. The number of hydrogen-bond acceptors (Lipinski definition) is 5. The Balaban J connectivity index is 1.17. The zero-order chi connectivity index (χ0) is 21.2. The lowest BCUT2D eigenvalue weighted by Gasteiger charge is -2.31. The van der Waals surface area contributed by atoms with Crippen LogP contribution in [0.25, 0.3) is 11.1 Å². The average molecular weight is 418 g/mol. The molecule has 0 N–H and O–H groups in total. The molecule has 6 heteroatoms. The van der Waals surface area contributed by atoms with E-state index in [4.69, 9.17) is 9.47 Å². The maximum atomic E-state index is 13.0. The summed E-state index contributed by atoms with van der Waals surface area (Å²) >= 11 is 0. The van der Waals surface area contributed by atoms with Crippen LogP contribution in [0.2, 0.25) is 0 Å². The lowest BCUT2D eigenvalue weighted by molar-refractivity contribution is 0.0803. The normalized spacial score (nSPS) is 16.9. The van der Waals surface area contributed by atoms with E-state index in [9.17, 15) is 4.79 Å². The Kier molecular flexibility index (Phi) is 5.47. The Labute approximate surface area is 182 Å². The Morgan fingerprint density at radius 2 is 1.74 bits per heavy atom. The predicted octanol–water partition coefficient (Wildman–Crippen LogP) is 4.18. The van der Waals surface area contributed by atoms with Gasteiger partial charge in [0.1, 0.15) is 13.2 Å². The number of ketones is 1. The number of ether oxygens (including phenoxy) is 2. The molecule has 0 saturated carbocycles. The van der Waals surface area contributed by atoms with Crippen molar-refractivity contribution in [1.82, 2.24) is 14.7 Å². The molecule has 1 fully saturated rings. The number of Topliss-reactive ketones (excluding diaryl/α,β-unsaturated/α-hetero) is 1. The van der Waals surface area contributed by atoms with Crippen LogP contribution in [0, 0.1) is 12.8 Å². The summed E-state index contributed by atoms with van der Waals surface area (Å²) in [6.45, 7) is 5.71. The molecular formula is C25H27N3O3. The lowest BCUT2D eigenvalue weighted by atomic mass is 9.89. The smallest absolute Gasteiger partial charge is 0.166 e. The minimum atomic E-state index is 0.0551. The predicted molar refractivity (Wildman–Crippen MR) is 118 cm³/mol. The fourth-order valence-corrected chi connectivity index (χ4v) is 4.31. The maximum absolute atomic E-state index is 13.0. The molecule has 0 radical (unpaired) electrons. The van der Waals surface area contributed by atoms with Gasteiger partial charge in [0.2, 0.25) is 0 Å². The zero-order valence-electron chi connectivity index (χ0n) is 17.8. The first-order valence-electron chi connectivity index (χ1n) is 10.9. The van der Waals surface area contributed by atoms with Crippen molar-refractivity contribution in [2.45, 2.75) is 26.4 Å². The number of carbonyl (C=O) groups is 1. The number of carbonyl (C=O) groups excluding carboxylic acids is 1. The van der Waals surface area contributed by atoms with E-state index in [2.05, 4.69) is 47.4 Å². The molecule has 2 aliphatic rings. The number of likely N-dealkylation sites (tertiary alicyclic amines) is 1. The molecule has 1 saturated heterocycles. The monoisotopic (exact) mass is 417 g/mol. The Morgan fingerprint density at radius 3 is 2.52 bits per heavy atom. The minimum absolute atomic E-state index is 0.0551. The van der Waals surface area contributed by atoms with Gasteiger partial charge in [-0.2, -0.15) is 5.10 Å². The van der Waals surface area contributed by atoms with Crippen LogP contribution in [0.3, 0.4) is 0 Å². The van der Waals surface area contributed by atoms with Crippen LogP contribution in [0.5, 0.6) is 11.5 Å². The summed E-state index contributed by atoms with van der Waals surface area (Å²) < 4.78 is 13.2. The van der Waals surface area contributed by atoms with Crippen LogP contribution < -0.4 is 9.47 Å². The third-order valence-electron chi connectivity index (χ3n) is 6.15. The molecule has 0 spiro atoms. The summed E-state index contributed by atoms with van der Waals surface area (Å²) in [7, 11) is 0. The summed E-state index contributed by atoms with van der Waals surface area (Å²) in [5.41, 5.74) is 4.28. The standard InChI is InChI=1S/C25H27N3O3/c1-18-2-4-19(5-3-18)22-15-26-28(16-22)17-27-10-8-20(9-11-27)25(29)21-6-7-23-24(14-21)31-13-12-30-23/h2-7,14-16,20H,8-13,17H2,1H3. The second kappa shape index (κ2) is 8.55. The van der Waals surface area contributed by atoms with Crippen molar-refractivity contribution in [2.24, 2.45) is 5.92 Å². The van der Waals surface area contributed by atoms with Gasteiger partial charge in [0.15, 0.2) is 17.3 Å². The van der Waals surface area contributed by atoms with E-state index in [1.165, 1.54) is 11.1 Å². The van der Waals surface area contributed by atoms with E-state index in [0.29, 0.717) is 19.0 Å². The van der Waals surface area contributed by atoms with Gasteiger partial charge < -0.3 is 9.47 Å². The van der Waals surface area contributed by atoms with Gasteiger partial charge in [0, 0.05) is 36.3 Å². The number of fused-ring (bicyclic) bond motifs is 1. The molecular weight excluding hydrogens is 390 g/mol. The quantitative estimate of drug-likeness (QED) is 0.583. The molecule has 31 heavy (non-hydrogen) atoms. The second-order valence-corrected chi connectivity index (χ2v) is 8.39. The number of aryl methyl sites for hydroxylation is 1. The fraction of sp³-hybridized carbons (Fsp3) is 0.360. The number of benzene rings is 2. The third-order valence-corrected chi connectivity index (χ3v) is 6.15. The summed E-state index contributed by atoms with van der Waals surface area (Å²) in [6.07, 6.45) is 5.73. The van der Waals surface area contributed by atoms with Gasteiger partial charge in [-0.1, -0.05) is 29.8 Å². The van der Waals surface area contributed by atoms with Crippen molar-refractivity contribution in [3.63, 3.8) is 0 Å². The van der Waals surface area contributed by atoms with Crippen molar-refractivity contribution in [3.05, 3.63) is 66.0 Å². The minimum Gasteiger partial charge on any atom is -0.486 e. The summed E-state index contributed by atoms with van der Waals surface area (Å²) in [6, 6.07) is 14.0. The van der Waals surface area contributed by atoms with Gasteiger partial charge >= 0.3 is 0 Å². The van der Waals surface area contributed by atoms with Crippen molar-refractivity contribution in [3.8, 4) is 22.6 Å². The van der Waals surface area contributed by atoms with Crippen molar-refractivity contribution < 1.29 is 14.3 Å². The molecule has 1 aromatic heterocycles. The first-order valence-corrected chi connectivity index (χ1v) is 10.9. The summed E-state index contributed by atoms with van der Waals surface area (Å²) in [5, 5.41) is 4.53. The lowest BCUT2D eigenvalue weighted by Crippen LogP contribution is -2.37. The van der Waals surface area contributed by atoms with Gasteiger partial charge in [0.25, 0.3) is 0 Å². The van der Waals surface area contributed by atoms with Crippen LogP contribution in [-0.2, 0) is 6.67 Å². The molecule has 5 rings (SSSR count). The highest BCUT2D eigenvalue weighted by molar-refractivity contribution is 5.98. The number of piperidine rings is 1. The molecule has 0 unspecified atom stereocenters. The molecule has 0 aliphatic carbocycles. The number of hydrogen-bond donors (Lipinski definition) is 0. The van der Waals surface area contributed by atoms with Crippen LogP contribution in [0.15, 0.2) is 54.9 Å². The van der Waals surface area contributed by atoms with Crippen molar-refractivity contribution in [1.29, 1.82) is 0 Å². The van der Waals surface area contributed by atoms with Crippen LogP contribution in [0.4, 0.5) is 0 Å². The highest BCUT2D eigenvalue weighted by Gasteiger charge is 2.27. The first kappa shape index (κ1) is 19.8. The van der Waals surface area contributed by atoms with Gasteiger partial charge in [-0.25, -0.2) is 0 Å². The largest absolute Gasteiger partial charge is 0.486 e. The van der Waals surface area contributed by atoms with Gasteiger partial charge in [-0.05, 0) is 43.5 Å². The average Bonchev–Trinajstić information content (AvgIpc) is 3.27. The van der Waals surface area contributed by atoms with E-state index in [0.717, 1.165) is 49.5 Å². The molecule has 0 atom stereocenters. The molecule has 0 bridgehead atoms. The Hall–Kier alpha value is -3.12. The van der Waals surface area contributed by atoms with Crippen molar-refractivity contribution >= 4 is 5.78 Å². The van der Waals surface area contributed by atoms with E-state index in [1.807, 2.05) is 29.1 Å². The summed E-state index contributed by atoms with van der Waals surface area (Å²) in [5.74, 6) is 1.66. The fourth-order valence-electron chi connectivity index (χ4n) is 4.31. The number of rotatable bonds is 5. The first-order chi connectivity index (χ1) is 15.2. The van der Waals surface area contributed by atoms with Gasteiger partial charge in [-0.3, -0.25) is 14.4 Å². The van der Waals surface area contributed by atoms with Gasteiger partial charge in [-0.15, -0.1) is 0 Å². The molecule has 3 heterocycles.